The van der Waals surface area contributed by atoms with E-state index in [1.165, 1.54) is 0 Å². The zero-order chi connectivity index (χ0) is 14.7. The van der Waals surface area contributed by atoms with Crippen LogP contribution in [0.25, 0.3) is 0 Å². The van der Waals surface area contributed by atoms with Crippen LogP contribution < -0.4 is 9.75 Å². The highest BCUT2D eigenvalue weighted by atomic mass is 16.5. The molecule has 0 fully saturated rings. The molecule has 0 aromatic heterocycles. The maximum atomic E-state index is 9.82. The van der Waals surface area contributed by atoms with Gasteiger partial charge in [-0.05, 0) is 31.2 Å². The first-order valence-electron chi connectivity index (χ1n) is 6.81. The molecule has 1 atom stereocenters. The van der Waals surface area contributed by atoms with Gasteiger partial charge in [0, 0.05) is 0 Å². The van der Waals surface area contributed by atoms with Crippen LogP contribution in [0.4, 0.5) is 5.69 Å². The number of aliphatic hydroxyl groups is 1. The zero-order valence-corrected chi connectivity index (χ0v) is 11.8. The Morgan fingerprint density at radius 1 is 1.10 bits per heavy atom. The predicted octanol–water partition coefficient (Wildman–Crippen LogP) is 2.84. The van der Waals surface area contributed by atoms with E-state index in [0.29, 0.717) is 6.67 Å². The third kappa shape index (κ3) is 2.83. The van der Waals surface area contributed by atoms with E-state index in [9.17, 15) is 5.11 Å². The third-order valence-corrected chi connectivity index (χ3v) is 3.19. The quantitative estimate of drug-likeness (QED) is 0.937. The van der Waals surface area contributed by atoms with Crippen molar-refractivity contribution in [3.8, 4) is 11.5 Å². The molecule has 5 nitrogen and oxygen atoms in total. The zero-order valence-electron chi connectivity index (χ0n) is 11.8. The number of nitrogens with zero attached hydrogens (tertiary/aromatic N) is 3. The Kier molecular flexibility index (Phi) is 3.75. The van der Waals surface area contributed by atoms with E-state index in [2.05, 4.69) is 4.99 Å². The fourth-order valence-corrected chi connectivity index (χ4v) is 2.20. The van der Waals surface area contributed by atoms with Gasteiger partial charge in [0.2, 0.25) is 0 Å². The molecule has 2 aromatic rings. The van der Waals surface area contributed by atoms with Gasteiger partial charge < -0.3 is 9.84 Å². The van der Waals surface area contributed by atoms with Gasteiger partial charge in [-0.1, -0.05) is 30.3 Å². The number of hydrogen-bond donors (Lipinski definition) is 1. The van der Waals surface area contributed by atoms with Crippen molar-refractivity contribution in [1.29, 1.82) is 0 Å². The summed E-state index contributed by atoms with van der Waals surface area (Å²) in [6, 6.07) is 17.3. The van der Waals surface area contributed by atoms with Gasteiger partial charge in [-0.2, -0.15) is 0 Å². The van der Waals surface area contributed by atoms with Gasteiger partial charge in [0.25, 0.3) is 0 Å². The Hall–Kier alpha value is -2.53. The van der Waals surface area contributed by atoms with Gasteiger partial charge in [-0.3, -0.25) is 10.0 Å². The molecule has 1 unspecified atom stereocenters. The van der Waals surface area contributed by atoms with Gasteiger partial charge in [0.15, 0.2) is 5.75 Å². The lowest BCUT2D eigenvalue weighted by atomic mass is 10.2. The first-order chi connectivity index (χ1) is 10.3. The summed E-state index contributed by atoms with van der Waals surface area (Å²) in [6.45, 7) is 2.16. The molecule has 3 rings (SSSR count). The maximum Gasteiger partial charge on any atom is 0.152 e. The largest absolute Gasteiger partial charge is 0.455 e. The number of ether oxygens (including phenoxy) is 1. The molecule has 0 aliphatic carbocycles. The smallest absolute Gasteiger partial charge is 0.152 e. The molecule has 5 heteroatoms. The average Bonchev–Trinajstić information content (AvgIpc) is 2.98. The van der Waals surface area contributed by atoms with Crippen LogP contribution in [0.3, 0.4) is 0 Å². The molecule has 1 aliphatic rings. The van der Waals surface area contributed by atoms with Crippen molar-refractivity contribution < 1.29 is 9.84 Å². The van der Waals surface area contributed by atoms with Crippen LogP contribution in [0.15, 0.2) is 59.6 Å². The number of aliphatic imine (C=N–C) groups is 1. The number of benzene rings is 2. The highest BCUT2D eigenvalue weighted by Gasteiger charge is 2.24. The summed E-state index contributed by atoms with van der Waals surface area (Å²) >= 11 is 0. The third-order valence-electron chi connectivity index (χ3n) is 3.19. The number of hydrazine groups is 1. The number of hydrogen-bond acceptors (Lipinski definition) is 5. The summed E-state index contributed by atoms with van der Waals surface area (Å²) in [5, 5.41) is 13.4. The van der Waals surface area contributed by atoms with Crippen molar-refractivity contribution in [3.63, 3.8) is 0 Å². The minimum Gasteiger partial charge on any atom is -0.455 e. The van der Waals surface area contributed by atoms with Crippen LogP contribution in [0.5, 0.6) is 11.5 Å². The van der Waals surface area contributed by atoms with Crippen molar-refractivity contribution in [1.82, 2.24) is 5.01 Å². The second-order valence-electron chi connectivity index (χ2n) is 4.73. The van der Waals surface area contributed by atoms with E-state index in [0.717, 1.165) is 17.2 Å². The molecular weight excluding hydrogens is 266 g/mol. The normalized spacial score (nSPS) is 15.3. The molecule has 0 bridgehead atoms. The molecule has 0 saturated carbocycles. The van der Waals surface area contributed by atoms with Crippen molar-refractivity contribution in [3.05, 3.63) is 54.6 Å². The fourth-order valence-electron chi connectivity index (χ4n) is 2.20. The van der Waals surface area contributed by atoms with E-state index < -0.39 is 6.23 Å². The predicted molar refractivity (Wildman–Crippen MR) is 82.3 cm³/mol. The molecule has 108 valence electrons. The highest BCUT2D eigenvalue weighted by molar-refractivity contribution is 5.68. The Bertz CT molecular complexity index is 628. The molecule has 0 spiro atoms. The molecule has 0 radical (unpaired) electrons. The highest BCUT2D eigenvalue weighted by Crippen LogP contribution is 2.33. The van der Waals surface area contributed by atoms with Gasteiger partial charge >= 0.3 is 0 Å². The molecule has 0 saturated heterocycles. The van der Waals surface area contributed by atoms with Crippen LogP contribution in [-0.4, -0.2) is 29.4 Å². The molecule has 1 heterocycles. The van der Waals surface area contributed by atoms with Crippen molar-refractivity contribution >= 4 is 12.0 Å². The van der Waals surface area contributed by atoms with Gasteiger partial charge in [0.05, 0.1) is 0 Å². The van der Waals surface area contributed by atoms with E-state index >= 15 is 0 Å². The minimum absolute atomic E-state index is 0.458. The summed E-state index contributed by atoms with van der Waals surface area (Å²) in [4.78, 5) is 4.20. The van der Waals surface area contributed by atoms with Gasteiger partial charge in [-0.15, -0.1) is 0 Å². The Labute approximate surface area is 123 Å². The molecule has 1 aliphatic heterocycles. The van der Waals surface area contributed by atoms with E-state index in [1.807, 2.05) is 59.6 Å². The van der Waals surface area contributed by atoms with Gasteiger partial charge in [-0.25, -0.2) is 5.01 Å². The second kappa shape index (κ2) is 5.85. The Morgan fingerprint density at radius 3 is 2.57 bits per heavy atom. The Balaban J connectivity index is 1.90. The van der Waals surface area contributed by atoms with Crippen LogP contribution in [0, 0.1) is 0 Å². The monoisotopic (exact) mass is 283 g/mol. The topological polar surface area (TPSA) is 48.3 Å². The lowest BCUT2D eigenvalue weighted by Crippen LogP contribution is -2.43. The average molecular weight is 283 g/mol. The summed E-state index contributed by atoms with van der Waals surface area (Å²) in [7, 11) is 0. The van der Waals surface area contributed by atoms with Crippen LogP contribution >= 0.6 is 0 Å². The lowest BCUT2D eigenvalue weighted by molar-refractivity contribution is 0.0720. The van der Waals surface area contributed by atoms with Crippen molar-refractivity contribution in [2.75, 3.05) is 11.7 Å². The lowest BCUT2D eigenvalue weighted by Gasteiger charge is -2.32. The van der Waals surface area contributed by atoms with Crippen molar-refractivity contribution in [2.24, 2.45) is 4.99 Å². The van der Waals surface area contributed by atoms with E-state index in [1.54, 1.807) is 18.3 Å². The van der Waals surface area contributed by atoms with Crippen LogP contribution in [0.2, 0.25) is 0 Å². The SMILES string of the molecule is CC(O)N1C=NCN1c1ccccc1Oc1ccccc1. The first kappa shape index (κ1) is 13.5. The molecular formula is C16H17N3O2. The minimum atomic E-state index is -0.652. The fraction of sp³-hybridized carbons (Fsp3) is 0.188. The number of para-hydroxylation sites is 3. The second-order valence-corrected chi connectivity index (χ2v) is 4.73. The summed E-state index contributed by atoms with van der Waals surface area (Å²) in [5.41, 5.74) is 0.861. The maximum absolute atomic E-state index is 9.82. The number of aliphatic hydroxyl groups excluding tert-OH is 1. The molecule has 1 N–H and O–H groups in total. The summed E-state index contributed by atoms with van der Waals surface area (Å²) in [6.07, 6.45) is 0.977. The standard InChI is InChI=1S/C16H17N3O2/c1-13(20)18-11-17-12-19(18)15-9-5-6-10-16(15)21-14-7-3-2-4-8-14/h2-11,13,20H,12H2,1H3. The number of rotatable bonds is 4. The first-order valence-corrected chi connectivity index (χ1v) is 6.81. The van der Waals surface area contributed by atoms with Crippen LogP contribution in [0.1, 0.15) is 6.92 Å². The molecule has 2 aromatic carbocycles. The Morgan fingerprint density at radius 2 is 1.81 bits per heavy atom. The number of anilines is 1. The molecule has 21 heavy (non-hydrogen) atoms. The molecule has 0 amide bonds. The summed E-state index contributed by atoms with van der Waals surface area (Å²) < 4.78 is 5.94. The summed E-state index contributed by atoms with van der Waals surface area (Å²) in [5.74, 6) is 1.49. The van der Waals surface area contributed by atoms with Crippen LogP contribution in [-0.2, 0) is 0 Å². The van der Waals surface area contributed by atoms with Crippen molar-refractivity contribution in [2.45, 2.75) is 13.2 Å². The van der Waals surface area contributed by atoms with E-state index in [4.69, 9.17) is 4.74 Å². The van der Waals surface area contributed by atoms with E-state index in [-0.39, 0.29) is 0 Å². The van der Waals surface area contributed by atoms with Gasteiger partial charge in [0.1, 0.15) is 30.7 Å².